The highest BCUT2D eigenvalue weighted by molar-refractivity contribution is 7.07. The van der Waals surface area contributed by atoms with Gasteiger partial charge in [-0.3, -0.25) is 9.59 Å². The summed E-state index contributed by atoms with van der Waals surface area (Å²) < 4.78 is 5.09. The van der Waals surface area contributed by atoms with Crippen molar-refractivity contribution in [3.05, 3.63) is 46.7 Å². The zero-order valence-corrected chi connectivity index (χ0v) is 14.7. The molecule has 128 valence electrons. The molecule has 0 saturated carbocycles. The van der Waals surface area contributed by atoms with Gasteiger partial charge in [0, 0.05) is 18.3 Å². The van der Waals surface area contributed by atoms with Gasteiger partial charge in [-0.15, -0.1) is 0 Å². The smallest absolute Gasteiger partial charge is 0.313 e. The Bertz CT molecular complexity index is 686. The number of thiophene rings is 1. The molecule has 2 aromatic rings. The Kier molecular flexibility index (Phi) is 6.34. The first-order chi connectivity index (χ1) is 11.5. The quantitative estimate of drug-likeness (QED) is 0.785. The number of nitrogens with zero attached hydrogens (tertiary/aromatic N) is 1. The van der Waals surface area contributed by atoms with E-state index in [1.54, 1.807) is 42.7 Å². The monoisotopic (exact) mass is 347 g/mol. The van der Waals surface area contributed by atoms with Gasteiger partial charge in [0.15, 0.2) is 0 Å². The molecular weight excluding hydrogens is 326 g/mol. The molecule has 24 heavy (non-hydrogen) atoms. The molecule has 0 saturated heterocycles. The first kappa shape index (κ1) is 18.0. The van der Waals surface area contributed by atoms with Crippen molar-refractivity contribution in [3.63, 3.8) is 0 Å². The molecule has 0 aliphatic rings. The fraction of sp³-hybridized carbons (Fsp3) is 0.294. The second-order valence-electron chi connectivity index (χ2n) is 5.43. The topological polar surface area (TPSA) is 70.7 Å². The predicted octanol–water partition coefficient (Wildman–Crippen LogP) is 2.11. The molecule has 0 radical (unpaired) electrons. The number of anilines is 1. The van der Waals surface area contributed by atoms with E-state index in [1.807, 2.05) is 35.8 Å². The van der Waals surface area contributed by atoms with E-state index in [9.17, 15) is 9.59 Å². The maximum Gasteiger partial charge on any atom is 0.313 e. The van der Waals surface area contributed by atoms with Crippen molar-refractivity contribution < 1.29 is 14.3 Å². The fourth-order valence-corrected chi connectivity index (χ4v) is 2.93. The Morgan fingerprint density at radius 1 is 1.25 bits per heavy atom. The highest BCUT2D eigenvalue weighted by Gasteiger charge is 2.19. The van der Waals surface area contributed by atoms with Crippen molar-refractivity contribution in [3.8, 4) is 5.75 Å². The predicted molar refractivity (Wildman–Crippen MR) is 95.4 cm³/mol. The summed E-state index contributed by atoms with van der Waals surface area (Å²) in [5.41, 5.74) is 1.62. The van der Waals surface area contributed by atoms with Crippen LogP contribution in [-0.2, 0) is 9.59 Å². The number of nitrogens with one attached hydrogen (secondary N) is 2. The third kappa shape index (κ3) is 4.81. The lowest BCUT2D eigenvalue weighted by molar-refractivity contribution is -0.136. The van der Waals surface area contributed by atoms with Crippen LogP contribution in [0.25, 0.3) is 0 Å². The van der Waals surface area contributed by atoms with Crippen LogP contribution >= 0.6 is 11.3 Å². The normalized spacial score (nSPS) is 11.8. The molecule has 6 nitrogen and oxygen atoms in total. The Morgan fingerprint density at radius 2 is 2.04 bits per heavy atom. The van der Waals surface area contributed by atoms with Crippen molar-refractivity contribution >= 4 is 28.8 Å². The molecule has 1 aromatic heterocycles. The van der Waals surface area contributed by atoms with Gasteiger partial charge in [-0.25, -0.2) is 0 Å². The summed E-state index contributed by atoms with van der Waals surface area (Å²) in [6.45, 7) is 0.355. The average Bonchev–Trinajstić information content (AvgIpc) is 3.08. The van der Waals surface area contributed by atoms with E-state index in [-0.39, 0.29) is 6.04 Å². The maximum absolute atomic E-state index is 12.0. The number of carbonyl (C=O) groups excluding carboxylic acids is 2. The van der Waals surface area contributed by atoms with Crippen LogP contribution in [0.4, 0.5) is 5.69 Å². The van der Waals surface area contributed by atoms with E-state index in [2.05, 4.69) is 10.6 Å². The number of ether oxygens (including phenoxy) is 1. The number of benzene rings is 1. The number of methoxy groups -OCH3 is 1. The summed E-state index contributed by atoms with van der Waals surface area (Å²) in [6.07, 6.45) is 0. The SMILES string of the molecule is COc1cccc(NC(=O)C(=O)NC[C@H](c2ccsc2)N(C)C)c1. The summed E-state index contributed by atoms with van der Waals surface area (Å²) >= 11 is 1.60. The number of amides is 2. The van der Waals surface area contributed by atoms with E-state index in [1.165, 1.54) is 0 Å². The van der Waals surface area contributed by atoms with Gasteiger partial charge in [0.1, 0.15) is 5.75 Å². The van der Waals surface area contributed by atoms with Gasteiger partial charge < -0.3 is 20.3 Å². The summed E-state index contributed by atoms with van der Waals surface area (Å²) in [5.74, 6) is -0.760. The van der Waals surface area contributed by atoms with Crippen LogP contribution in [0.1, 0.15) is 11.6 Å². The Hall–Kier alpha value is -2.38. The second kappa shape index (κ2) is 8.47. The van der Waals surface area contributed by atoms with Crippen LogP contribution in [0.3, 0.4) is 0 Å². The molecule has 2 rings (SSSR count). The number of hydrogen-bond donors (Lipinski definition) is 2. The van der Waals surface area contributed by atoms with E-state index in [0.29, 0.717) is 18.0 Å². The van der Waals surface area contributed by atoms with Crippen molar-refractivity contribution in [1.82, 2.24) is 10.2 Å². The molecule has 0 spiro atoms. The molecule has 1 aromatic carbocycles. The molecule has 0 aliphatic carbocycles. The van der Waals surface area contributed by atoms with Crippen molar-refractivity contribution in [2.24, 2.45) is 0 Å². The van der Waals surface area contributed by atoms with Gasteiger partial charge in [-0.05, 0) is 48.6 Å². The zero-order valence-electron chi connectivity index (χ0n) is 13.9. The van der Waals surface area contributed by atoms with Crippen molar-refractivity contribution in [2.45, 2.75) is 6.04 Å². The first-order valence-electron chi connectivity index (χ1n) is 7.43. The van der Waals surface area contributed by atoms with E-state index in [0.717, 1.165) is 5.56 Å². The van der Waals surface area contributed by atoms with Gasteiger partial charge in [-0.1, -0.05) is 6.07 Å². The molecule has 7 heteroatoms. The van der Waals surface area contributed by atoms with Crippen LogP contribution in [0.5, 0.6) is 5.75 Å². The van der Waals surface area contributed by atoms with Gasteiger partial charge in [0.05, 0.1) is 13.2 Å². The zero-order chi connectivity index (χ0) is 17.5. The maximum atomic E-state index is 12.0. The third-order valence-electron chi connectivity index (χ3n) is 3.54. The third-order valence-corrected chi connectivity index (χ3v) is 4.24. The van der Waals surface area contributed by atoms with E-state index < -0.39 is 11.8 Å². The standard InChI is InChI=1S/C17H21N3O3S/c1-20(2)15(12-7-8-24-11-12)10-18-16(21)17(22)19-13-5-4-6-14(9-13)23-3/h4-9,11,15H,10H2,1-3H3,(H,18,21)(H,19,22)/t15-/m1/s1. The Morgan fingerprint density at radius 3 is 2.67 bits per heavy atom. The Balaban J connectivity index is 1.92. The fourth-order valence-electron chi connectivity index (χ4n) is 2.22. The number of carbonyl (C=O) groups is 2. The number of rotatable bonds is 6. The minimum Gasteiger partial charge on any atom is -0.497 e. The van der Waals surface area contributed by atoms with Crippen LogP contribution in [-0.4, -0.2) is 44.5 Å². The molecule has 0 aliphatic heterocycles. The minimum atomic E-state index is -0.703. The molecule has 0 bridgehead atoms. The van der Waals surface area contributed by atoms with Crippen molar-refractivity contribution in [2.75, 3.05) is 33.1 Å². The lowest BCUT2D eigenvalue weighted by Gasteiger charge is -2.23. The molecule has 0 fully saturated rings. The first-order valence-corrected chi connectivity index (χ1v) is 8.37. The van der Waals surface area contributed by atoms with Crippen molar-refractivity contribution in [1.29, 1.82) is 0 Å². The highest BCUT2D eigenvalue weighted by Crippen LogP contribution is 2.20. The molecular formula is C17H21N3O3S. The number of likely N-dealkylation sites (N-methyl/N-ethyl adjacent to an activating group) is 1. The molecule has 2 amide bonds. The number of hydrogen-bond acceptors (Lipinski definition) is 5. The van der Waals surface area contributed by atoms with Gasteiger partial charge >= 0.3 is 11.8 Å². The van der Waals surface area contributed by atoms with E-state index in [4.69, 9.17) is 4.74 Å². The Labute approximate surface area is 145 Å². The second-order valence-corrected chi connectivity index (χ2v) is 6.21. The lowest BCUT2D eigenvalue weighted by Crippen LogP contribution is -2.40. The summed E-state index contributed by atoms with van der Waals surface area (Å²) in [5, 5.41) is 9.27. The van der Waals surface area contributed by atoms with Gasteiger partial charge in [0.2, 0.25) is 0 Å². The van der Waals surface area contributed by atoms with Gasteiger partial charge in [-0.2, -0.15) is 11.3 Å². The van der Waals surface area contributed by atoms with Gasteiger partial charge in [0.25, 0.3) is 0 Å². The minimum absolute atomic E-state index is 0.0184. The van der Waals surface area contributed by atoms with E-state index >= 15 is 0 Å². The summed E-state index contributed by atoms with van der Waals surface area (Å²) in [7, 11) is 5.41. The summed E-state index contributed by atoms with van der Waals surface area (Å²) in [6, 6.07) is 8.88. The lowest BCUT2D eigenvalue weighted by atomic mass is 10.1. The average molecular weight is 347 g/mol. The van der Waals surface area contributed by atoms with Crippen LogP contribution < -0.4 is 15.4 Å². The molecule has 0 unspecified atom stereocenters. The largest absolute Gasteiger partial charge is 0.497 e. The molecule has 2 N–H and O–H groups in total. The highest BCUT2D eigenvalue weighted by atomic mass is 32.1. The summed E-state index contributed by atoms with van der Waals surface area (Å²) in [4.78, 5) is 26.0. The van der Waals surface area contributed by atoms with Crippen LogP contribution in [0.15, 0.2) is 41.1 Å². The van der Waals surface area contributed by atoms with Crippen LogP contribution in [0.2, 0.25) is 0 Å². The molecule has 1 heterocycles. The van der Waals surface area contributed by atoms with Crippen LogP contribution in [0, 0.1) is 0 Å². The molecule has 1 atom stereocenters.